The summed E-state index contributed by atoms with van der Waals surface area (Å²) in [7, 11) is -1.30. The summed E-state index contributed by atoms with van der Waals surface area (Å²) in [6.07, 6.45) is 5.17. The van der Waals surface area contributed by atoms with Crippen molar-refractivity contribution in [1.29, 1.82) is 0 Å². The highest BCUT2D eigenvalue weighted by Gasteiger charge is 2.14. The lowest BCUT2D eigenvalue weighted by Crippen LogP contribution is -2.19. The first-order chi connectivity index (χ1) is 13.9. The largest absolute Gasteiger partial charge is 0.357 e. The quantitative estimate of drug-likeness (QED) is 0.336. The molecule has 0 aliphatic carbocycles. The summed E-state index contributed by atoms with van der Waals surface area (Å²) in [5.74, 6) is 5.41. The molecule has 2 fully saturated rings. The van der Waals surface area contributed by atoms with Crippen LogP contribution in [-0.2, 0) is 0 Å². The molecule has 0 radical (unpaired) electrons. The molecule has 4 nitrogen and oxygen atoms in total. The summed E-state index contributed by atoms with van der Waals surface area (Å²) in [5, 5.41) is 0. The van der Waals surface area contributed by atoms with Crippen molar-refractivity contribution in [2.24, 2.45) is 0 Å². The summed E-state index contributed by atoms with van der Waals surface area (Å²) >= 11 is 3.37. The van der Waals surface area contributed by atoms with Crippen LogP contribution in [0.4, 0.5) is 11.6 Å². The van der Waals surface area contributed by atoms with Crippen molar-refractivity contribution in [3.8, 4) is 11.5 Å². The zero-order valence-corrected chi connectivity index (χ0v) is 20.4. The van der Waals surface area contributed by atoms with Crippen molar-refractivity contribution in [2.75, 3.05) is 36.0 Å². The minimum absolute atomic E-state index is 0.914. The highest BCUT2D eigenvalue weighted by Crippen LogP contribution is 2.19. The van der Waals surface area contributed by atoms with Crippen molar-refractivity contribution in [3.63, 3.8) is 0 Å². The van der Waals surface area contributed by atoms with Gasteiger partial charge in [-0.1, -0.05) is 37.7 Å². The number of rotatable bonds is 2. The van der Waals surface area contributed by atoms with Crippen molar-refractivity contribution in [3.05, 3.63) is 46.7 Å². The minimum Gasteiger partial charge on any atom is -0.357 e. The van der Waals surface area contributed by atoms with E-state index in [4.69, 9.17) is 0 Å². The Morgan fingerprint density at radius 2 is 1.31 bits per heavy atom. The molecule has 0 aromatic carbocycles. The molecule has 0 atom stereocenters. The summed E-state index contributed by atoms with van der Waals surface area (Å²) < 4.78 is 0.923. The van der Waals surface area contributed by atoms with Crippen LogP contribution in [0.5, 0.6) is 0 Å². The third kappa shape index (κ3) is 7.16. The standard InChI is InChI=1S/C14H20N2Si.C9H11BrN2/c1-17(2,3)12-9-13-7-6-8-14(15-13)16-10-4-5-11-16;10-8-4-3-5-9(11-8)12-6-1-2-7-12/h6-8H,4-5,10-11H2,1-3H3;3-5H,1-2,6-7H2. The molecule has 6 heteroatoms. The molecule has 4 rings (SSSR count). The van der Waals surface area contributed by atoms with Crippen LogP contribution in [0.1, 0.15) is 31.4 Å². The van der Waals surface area contributed by atoms with Crippen LogP contribution in [0.25, 0.3) is 0 Å². The number of hydrogen-bond donors (Lipinski definition) is 0. The Kier molecular flexibility index (Phi) is 7.74. The van der Waals surface area contributed by atoms with Gasteiger partial charge in [0.05, 0.1) is 0 Å². The van der Waals surface area contributed by atoms with Gasteiger partial charge in [0.25, 0.3) is 0 Å². The number of pyridine rings is 2. The fourth-order valence-corrected chi connectivity index (χ4v) is 4.22. The van der Waals surface area contributed by atoms with Gasteiger partial charge in [0.1, 0.15) is 30.0 Å². The molecule has 2 aliphatic rings. The van der Waals surface area contributed by atoms with Crippen LogP contribution < -0.4 is 9.80 Å². The lowest BCUT2D eigenvalue weighted by Gasteiger charge is -2.15. The Bertz CT molecular complexity index is 857. The van der Waals surface area contributed by atoms with Gasteiger partial charge in [-0.3, -0.25) is 0 Å². The summed E-state index contributed by atoms with van der Waals surface area (Å²) in [6, 6.07) is 12.2. The third-order valence-corrected chi connectivity index (χ3v) is 6.18. The number of halogens is 1. The summed E-state index contributed by atoms with van der Waals surface area (Å²) in [6.45, 7) is 11.3. The Morgan fingerprint density at radius 1 is 0.793 bits per heavy atom. The Balaban J connectivity index is 0.000000176. The fraction of sp³-hybridized carbons (Fsp3) is 0.478. The Labute approximate surface area is 184 Å². The average molecular weight is 472 g/mol. The van der Waals surface area contributed by atoms with Crippen molar-refractivity contribution in [2.45, 2.75) is 45.3 Å². The molecule has 0 spiro atoms. The van der Waals surface area contributed by atoms with E-state index in [-0.39, 0.29) is 0 Å². The Morgan fingerprint density at radius 3 is 1.83 bits per heavy atom. The van der Waals surface area contributed by atoms with E-state index in [1.807, 2.05) is 18.2 Å². The van der Waals surface area contributed by atoms with E-state index in [0.29, 0.717) is 0 Å². The molecule has 0 bridgehead atoms. The zero-order chi connectivity index (χ0) is 20.7. The number of nitrogens with zero attached hydrogens (tertiary/aromatic N) is 4. The van der Waals surface area contributed by atoms with Crippen LogP contribution in [0.2, 0.25) is 19.6 Å². The molecular formula is C23H31BrN4Si. The van der Waals surface area contributed by atoms with Gasteiger partial charge in [-0.05, 0) is 65.9 Å². The molecule has 2 saturated heterocycles. The average Bonchev–Trinajstić information content (AvgIpc) is 3.41. The van der Waals surface area contributed by atoms with Gasteiger partial charge in [-0.15, -0.1) is 5.54 Å². The predicted octanol–water partition coefficient (Wildman–Crippen LogP) is 5.36. The van der Waals surface area contributed by atoms with Gasteiger partial charge in [-0.2, -0.15) is 0 Å². The van der Waals surface area contributed by atoms with Crippen molar-refractivity contribution in [1.82, 2.24) is 9.97 Å². The van der Waals surface area contributed by atoms with Crippen molar-refractivity contribution < 1.29 is 0 Å². The highest BCUT2D eigenvalue weighted by molar-refractivity contribution is 9.10. The predicted molar refractivity (Wildman–Crippen MR) is 129 cm³/mol. The van der Waals surface area contributed by atoms with Crippen LogP contribution in [0, 0.1) is 11.5 Å². The smallest absolute Gasteiger partial charge is 0.129 e. The molecule has 29 heavy (non-hydrogen) atoms. The molecule has 0 saturated carbocycles. The summed E-state index contributed by atoms with van der Waals surface area (Å²) in [5.41, 5.74) is 4.28. The molecule has 0 N–H and O–H groups in total. The normalized spacial score (nSPS) is 16.1. The third-order valence-electron chi connectivity index (χ3n) is 4.86. The summed E-state index contributed by atoms with van der Waals surface area (Å²) in [4.78, 5) is 13.7. The molecule has 2 aliphatic heterocycles. The topological polar surface area (TPSA) is 32.3 Å². The van der Waals surface area contributed by atoms with Gasteiger partial charge >= 0.3 is 0 Å². The first kappa shape index (κ1) is 21.9. The molecule has 2 aromatic rings. The second kappa shape index (κ2) is 10.3. The molecule has 4 heterocycles. The van der Waals surface area contributed by atoms with E-state index in [1.54, 1.807) is 0 Å². The lowest BCUT2D eigenvalue weighted by atomic mass is 10.3. The molecule has 2 aromatic heterocycles. The van der Waals surface area contributed by atoms with Gasteiger partial charge in [0.2, 0.25) is 0 Å². The number of aromatic nitrogens is 2. The second-order valence-electron chi connectivity index (χ2n) is 8.59. The van der Waals surface area contributed by atoms with Crippen LogP contribution >= 0.6 is 15.9 Å². The maximum absolute atomic E-state index is 4.63. The van der Waals surface area contributed by atoms with Gasteiger partial charge in [-0.25, -0.2) is 9.97 Å². The maximum atomic E-state index is 4.63. The van der Waals surface area contributed by atoms with Gasteiger partial charge in [0.15, 0.2) is 0 Å². The monoisotopic (exact) mass is 470 g/mol. The first-order valence-electron chi connectivity index (χ1n) is 10.5. The van der Waals surface area contributed by atoms with Gasteiger partial charge < -0.3 is 9.80 Å². The SMILES string of the molecule is Brc1cccc(N2CCCC2)n1.C[Si](C)(C)C#Cc1cccc(N2CCCC2)n1. The molecule has 0 unspecified atom stereocenters. The Hall–Kier alpha value is -1.84. The van der Waals surface area contributed by atoms with E-state index < -0.39 is 8.07 Å². The van der Waals surface area contributed by atoms with E-state index in [9.17, 15) is 0 Å². The lowest BCUT2D eigenvalue weighted by molar-refractivity contribution is 0.933. The van der Waals surface area contributed by atoms with Crippen LogP contribution in [0.15, 0.2) is 41.0 Å². The van der Waals surface area contributed by atoms with Crippen molar-refractivity contribution >= 4 is 35.6 Å². The number of hydrogen-bond acceptors (Lipinski definition) is 4. The fourth-order valence-electron chi connectivity index (χ4n) is 3.39. The second-order valence-corrected chi connectivity index (χ2v) is 14.2. The van der Waals surface area contributed by atoms with Crippen LogP contribution in [0.3, 0.4) is 0 Å². The molecule has 154 valence electrons. The van der Waals surface area contributed by atoms with E-state index in [2.05, 4.69) is 85.0 Å². The van der Waals surface area contributed by atoms with E-state index in [1.165, 1.54) is 25.7 Å². The molecule has 0 amide bonds. The minimum atomic E-state index is -1.30. The van der Waals surface area contributed by atoms with Crippen LogP contribution in [-0.4, -0.2) is 44.2 Å². The first-order valence-corrected chi connectivity index (χ1v) is 14.8. The highest BCUT2D eigenvalue weighted by atomic mass is 79.9. The van der Waals surface area contributed by atoms with E-state index >= 15 is 0 Å². The zero-order valence-electron chi connectivity index (χ0n) is 17.8. The van der Waals surface area contributed by atoms with Gasteiger partial charge in [0, 0.05) is 26.2 Å². The molecular weight excluding hydrogens is 440 g/mol. The van der Waals surface area contributed by atoms with E-state index in [0.717, 1.165) is 48.1 Å². The number of anilines is 2. The maximum Gasteiger partial charge on any atom is 0.129 e.